The quantitative estimate of drug-likeness (QED) is 0.860. The first kappa shape index (κ1) is 17.7. The zero-order chi connectivity index (χ0) is 18.0. The normalized spacial score (nSPS) is 25.3. The fourth-order valence-corrected chi connectivity index (χ4v) is 4.34. The second-order valence-electron chi connectivity index (χ2n) is 7.78. The molecule has 3 aliphatic rings. The van der Waals surface area contributed by atoms with E-state index in [0.29, 0.717) is 31.0 Å². The Morgan fingerprint density at radius 1 is 1.23 bits per heavy atom. The molecule has 4 heterocycles. The summed E-state index contributed by atoms with van der Waals surface area (Å²) in [4.78, 5) is 23.2. The Labute approximate surface area is 154 Å². The average molecular weight is 360 g/mol. The molecule has 1 atom stereocenters. The molecular weight excluding hydrogens is 332 g/mol. The first-order chi connectivity index (χ1) is 12.7. The van der Waals surface area contributed by atoms with Crippen LogP contribution in [0.15, 0.2) is 12.4 Å². The maximum atomic E-state index is 12.6. The third-order valence-electron chi connectivity index (χ3n) is 5.96. The van der Waals surface area contributed by atoms with E-state index in [1.165, 1.54) is 0 Å². The monoisotopic (exact) mass is 360 g/mol. The highest BCUT2D eigenvalue weighted by molar-refractivity contribution is 5.80. The molecule has 0 saturated carbocycles. The summed E-state index contributed by atoms with van der Waals surface area (Å²) in [6.07, 6.45) is 7.43. The highest BCUT2D eigenvalue weighted by atomic mass is 16.5. The van der Waals surface area contributed by atoms with Crippen LogP contribution >= 0.6 is 0 Å². The number of amides is 1. The van der Waals surface area contributed by atoms with Crippen LogP contribution in [-0.4, -0.2) is 65.8 Å². The Morgan fingerprint density at radius 3 is 2.69 bits per heavy atom. The molecule has 0 aliphatic carbocycles. The third-order valence-corrected chi connectivity index (χ3v) is 5.96. The summed E-state index contributed by atoms with van der Waals surface area (Å²) < 4.78 is 11.5. The largest absolute Gasteiger partial charge is 0.381 e. The van der Waals surface area contributed by atoms with E-state index in [9.17, 15) is 4.79 Å². The average Bonchev–Trinajstić information content (AvgIpc) is 3.06. The van der Waals surface area contributed by atoms with Crippen LogP contribution in [0, 0.1) is 18.8 Å². The summed E-state index contributed by atoms with van der Waals surface area (Å²) >= 11 is 0. The minimum Gasteiger partial charge on any atom is -0.381 e. The number of rotatable bonds is 5. The molecule has 1 N–H and O–H groups in total. The van der Waals surface area contributed by atoms with E-state index in [4.69, 9.17) is 9.47 Å². The molecule has 3 saturated heterocycles. The van der Waals surface area contributed by atoms with Crippen molar-refractivity contribution in [2.75, 3.05) is 44.8 Å². The van der Waals surface area contributed by atoms with Gasteiger partial charge in [0.1, 0.15) is 5.60 Å². The molecule has 3 fully saturated rings. The number of nitrogens with one attached hydrogen (secondary N) is 1. The maximum Gasteiger partial charge on any atom is 0.226 e. The van der Waals surface area contributed by atoms with E-state index < -0.39 is 0 Å². The van der Waals surface area contributed by atoms with Gasteiger partial charge in [0.25, 0.3) is 0 Å². The molecular formula is C19H28N4O3. The molecule has 1 aromatic rings. The number of likely N-dealkylation sites (tertiary alicyclic amines) is 1. The molecule has 3 aliphatic heterocycles. The van der Waals surface area contributed by atoms with Crippen molar-refractivity contribution in [1.82, 2.24) is 14.9 Å². The summed E-state index contributed by atoms with van der Waals surface area (Å²) in [6, 6.07) is 0. The third kappa shape index (κ3) is 3.55. The molecule has 4 rings (SSSR count). The van der Waals surface area contributed by atoms with Gasteiger partial charge in [0.2, 0.25) is 11.9 Å². The van der Waals surface area contributed by atoms with Crippen LogP contribution in [0.2, 0.25) is 0 Å². The van der Waals surface area contributed by atoms with Gasteiger partial charge in [-0.15, -0.1) is 0 Å². The lowest BCUT2D eigenvalue weighted by Crippen LogP contribution is -2.67. The Kier molecular flexibility index (Phi) is 5.09. The van der Waals surface area contributed by atoms with Gasteiger partial charge >= 0.3 is 0 Å². The van der Waals surface area contributed by atoms with Gasteiger partial charge in [0.05, 0.1) is 13.1 Å². The summed E-state index contributed by atoms with van der Waals surface area (Å²) in [5, 5.41) is 3.30. The zero-order valence-corrected chi connectivity index (χ0v) is 15.4. The second kappa shape index (κ2) is 7.48. The predicted molar refractivity (Wildman–Crippen MR) is 96.8 cm³/mol. The van der Waals surface area contributed by atoms with Gasteiger partial charge in [-0.25, -0.2) is 9.97 Å². The summed E-state index contributed by atoms with van der Waals surface area (Å²) in [5.74, 6) is 1.59. The van der Waals surface area contributed by atoms with Crippen LogP contribution < -0.4 is 5.32 Å². The van der Waals surface area contributed by atoms with Gasteiger partial charge in [-0.05, 0) is 44.1 Å². The van der Waals surface area contributed by atoms with Crippen LogP contribution in [0.1, 0.15) is 31.2 Å². The van der Waals surface area contributed by atoms with Crippen LogP contribution in [0.5, 0.6) is 0 Å². The number of aryl methyl sites for hydroxylation is 1. The fourth-order valence-electron chi connectivity index (χ4n) is 4.34. The topological polar surface area (TPSA) is 76.6 Å². The number of anilines is 1. The molecule has 1 amide bonds. The number of hydrogen-bond donors (Lipinski definition) is 1. The van der Waals surface area contributed by atoms with E-state index in [1.807, 2.05) is 24.2 Å². The van der Waals surface area contributed by atoms with Crippen molar-refractivity contribution in [2.24, 2.45) is 11.8 Å². The van der Waals surface area contributed by atoms with Crippen molar-refractivity contribution in [3.8, 4) is 0 Å². The van der Waals surface area contributed by atoms with Crippen molar-refractivity contribution in [1.29, 1.82) is 0 Å². The van der Waals surface area contributed by atoms with Crippen LogP contribution in [0.4, 0.5) is 5.95 Å². The lowest BCUT2D eigenvalue weighted by Gasteiger charge is -2.51. The lowest BCUT2D eigenvalue weighted by molar-refractivity contribution is -0.171. The van der Waals surface area contributed by atoms with Crippen LogP contribution in [0.25, 0.3) is 0 Å². The van der Waals surface area contributed by atoms with E-state index in [0.717, 1.165) is 57.5 Å². The van der Waals surface area contributed by atoms with Crippen molar-refractivity contribution in [3.05, 3.63) is 18.0 Å². The van der Waals surface area contributed by atoms with Gasteiger partial charge in [-0.3, -0.25) is 4.79 Å². The first-order valence-electron chi connectivity index (χ1n) is 9.69. The minimum atomic E-state index is -0.128. The fraction of sp³-hybridized carbons (Fsp3) is 0.737. The number of ether oxygens (including phenoxy) is 2. The van der Waals surface area contributed by atoms with E-state index >= 15 is 0 Å². The highest BCUT2D eigenvalue weighted by Crippen LogP contribution is 2.42. The SMILES string of the molecule is Cc1cnc(NCCC2CCOC23CN(C(=O)C2CCOCC2)C3)nc1. The van der Waals surface area contributed by atoms with Gasteiger partial charge in [-0.1, -0.05) is 0 Å². The molecule has 7 heteroatoms. The van der Waals surface area contributed by atoms with Crippen molar-refractivity contribution >= 4 is 11.9 Å². The number of carbonyl (C=O) groups is 1. The molecule has 0 bridgehead atoms. The second-order valence-corrected chi connectivity index (χ2v) is 7.78. The molecule has 0 aromatic carbocycles. The maximum absolute atomic E-state index is 12.6. The van der Waals surface area contributed by atoms with Crippen LogP contribution in [-0.2, 0) is 14.3 Å². The Morgan fingerprint density at radius 2 is 1.96 bits per heavy atom. The highest BCUT2D eigenvalue weighted by Gasteiger charge is 2.54. The number of carbonyl (C=O) groups excluding carboxylic acids is 1. The summed E-state index contributed by atoms with van der Waals surface area (Å²) in [7, 11) is 0. The Hall–Kier alpha value is -1.73. The lowest BCUT2D eigenvalue weighted by atomic mass is 9.78. The van der Waals surface area contributed by atoms with Gasteiger partial charge in [-0.2, -0.15) is 0 Å². The van der Waals surface area contributed by atoms with Gasteiger partial charge < -0.3 is 19.7 Å². The van der Waals surface area contributed by atoms with Crippen molar-refractivity contribution in [3.63, 3.8) is 0 Å². The van der Waals surface area contributed by atoms with Crippen molar-refractivity contribution < 1.29 is 14.3 Å². The minimum absolute atomic E-state index is 0.128. The van der Waals surface area contributed by atoms with Gasteiger partial charge in [0, 0.05) is 44.7 Å². The number of nitrogens with zero attached hydrogens (tertiary/aromatic N) is 3. The van der Waals surface area contributed by atoms with E-state index in [2.05, 4.69) is 15.3 Å². The Bertz CT molecular complexity index is 624. The van der Waals surface area contributed by atoms with E-state index in [-0.39, 0.29) is 11.5 Å². The van der Waals surface area contributed by atoms with E-state index in [1.54, 1.807) is 0 Å². The first-order valence-corrected chi connectivity index (χ1v) is 9.69. The number of hydrogen-bond acceptors (Lipinski definition) is 6. The smallest absolute Gasteiger partial charge is 0.226 e. The Balaban J connectivity index is 1.26. The predicted octanol–water partition coefficient (Wildman–Crippen LogP) is 1.63. The standard InChI is InChI=1S/C19H28N4O3/c1-14-10-21-18(22-11-14)20-6-2-16-5-9-26-19(16)12-23(13-19)17(24)15-3-7-25-8-4-15/h10-11,15-16H,2-9,12-13H2,1H3,(H,20,21,22). The van der Waals surface area contributed by atoms with Crippen molar-refractivity contribution in [2.45, 2.75) is 38.2 Å². The zero-order valence-electron chi connectivity index (χ0n) is 15.4. The molecule has 26 heavy (non-hydrogen) atoms. The molecule has 142 valence electrons. The molecule has 1 aromatic heterocycles. The summed E-state index contributed by atoms with van der Waals surface area (Å²) in [6.45, 7) is 6.51. The van der Waals surface area contributed by atoms with Gasteiger partial charge in [0.15, 0.2) is 0 Å². The summed E-state index contributed by atoms with van der Waals surface area (Å²) in [5.41, 5.74) is 0.929. The molecule has 0 radical (unpaired) electrons. The molecule has 1 spiro atoms. The molecule has 7 nitrogen and oxygen atoms in total. The molecule has 1 unspecified atom stereocenters. The van der Waals surface area contributed by atoms with Crippen LogP contribution in [0.3, 0.4) is 0 Å². The number of aromatic nitrogens is 2.